The van der Waals surface area contributed by atoms with E-state index in [0.717, 1.165) is 12.2 Å². The zero-order chi connectivity index (χ0) is 21.2. The Labute approximate surface area is 186 Å². The molecule has 2 rings (SSSR count). The minimum atomic E-state index is -0.756. The van der Waals surface area contributed by atoms with Gasteiger partial charge in [-0.15, -0.1) is 0 Å². The van der Waals surface area contributed by atoms with Gasteiger partial charge in [0.15, 0.2) is 5.16 Å². The molecule has 0 saturated heterocycles. The average molecular weight is 501 g/mol. The first-order chi connectivity index (χ1) is 13.9. The van der Waals surface area contributed by atoms with Crippen LogP contribution in [0.4, 0.5) is 10.1 Å². The smallest absolute Gasteiger partial charge is 0.271 e. The van der Waals surface area contributed by atoms with Gasteiger partial charge in [0.25, 0.3) is 5.91 Å². The summed E-state index contributed by atoms with van der Waals surface area (Å²) >= 11 is 6.34. The molecule has 0 aliphatic rings. The number of carbonyl (C=O) groups is 2. The molecule has 29 heavy (non-hydrogen) atoms. The average Bonchev–Trinajstić information content (AvgIpc) is 2.71. The van der Waals surface area contributed by atoms with E-state index in [1.54, 1.807) is 11.8 Å². The predicted octanol–water partition coefficient (Wildman–Crippen LogP) is 4.37. The van der Waals surface area contributed by atoms with Crippen molar-refractivity contribution in [1.29, 1.82) is 0 Å². The van der Waals surface area contributed by atoms with Gasteiger partial charge in [0, 0.05) is 17.6 Å². The molecule has 0 radical (unpaired) electrons. The van der Waals surface area contributed by atoms with E-state index in [9.17, 15) is 14.0 Å². The Morgan fingerprint density at radius 1 is 1.24 bits per heavy atom. The van der Waals surface area contributed by atoms with Crippen molar-refractivity contribution < 1.29 is 14.0 Å². The highest BCUT2D eigenvalue weighted by atomic mass is 79.9. The first-order valence-corrected chi connectivity index (χ1v) is 12.1. The molecule has 6 nitrogen and oxygen atoms in total. The van der Waals surface area contributed by atoms with Crippen LogP contribution < -0.4 is 10.6 Å². The molecule has 156 valence electrons. The van der Waals surface area contributed by atoms with Gasteiger partial charge >= 0.3 is 0 Å². The summed E-state index contributed by atoms with van der Waals surface area (Å²) in [6.07, 6.45) is 4.87. The van der Waals surface area contributed by atoms with Gasteiger partial charge in [0.2, 0.25) is 5.91 Å². The fourth-order valence-electron chi connectivity index (χ4n) is 2.27. The number of nitrogens with zero attached hydrogens (tertiary/aromatic N) is 2. The van der Waals surface area contributed by atoms with Crippen molar-refractivity contribution in [2.75, 3.05) is 23.1 Å². The number of benzene rings is 1. The molecular weight excluding hydrogens is 479 g/mol. The van der Waals surface area contributed by atoms with Crippen LogP contribution in [0.25, 0.3) is 0 Å². The van der Waals surface area contributed by atoms with E-state index in [0.29, 0.717) is 27.5 Å². The molecule has 0 fully saturated rings. The predicted molar refractivity (Wildman–Crippen MR) is 120 cm³/mol. The second kappa shape index (κ2) is 12.1. The number of anilines is 1. The quantitative estimate of drug-likeness (QED) is 0.372. The van der Waals surface area contributed by atoms with Gasteiger partial charge in [0.05, 0.1) is 4.47 Å². The highest BCUT2D eigenvalue weighted by Crippen LogP contribution is 2.20. The molecule has 10 heteroatoms. The molecule has 2 N–H and O–H groups in total. The van der Waals surface area contributed by atoms with Crippen LogP contribution in [-0.2, 0) is 4.79 Å². The number of hydrogen-bond donors (Lipinski definition) is 2. The number of carbonyl (C=O) groups excluding carboxylic acids is 2. The van der Waals surface area contributed by atoms with E-state index in [1.165, 1.54) is 42.2 Å². The highest BCUT2D eigenvalue weighted by Gasteiger charge is 2.23. The maximum Gasteiger partial charge on any atom is 0.271 e. The molecule has 1 aromatic carbocycles. The summed E-state index contributed by atoms with van der Waals surface area (Å²) in [5, 5.41) is 5.98. The molecule has 1 aromatic heterocycles. The number of amides is 2. The van der Waals surface area contributed by atoms with Crippen LogP contribution in [0.1, 0.15) is 30.3 Å². The lowest BCUT2D eigenvalue weighted by atomic mass is 10.2. The summed E-state index contributed by atoms with van der Waals surface area (Å²) in [5.74, 6) is 0.312. The molecule has 1 unspecified atom stereocenters. The zero-order valence-corrected chi connectivity index (χ0v) is 19.3. The summed E-state index contributed by atoms with van der Waals surface area (Å²) in [6.45, 7) is 2.05. The van der Waals surface area contributed by atoms with E-state index < -0.39 is 11.9 Å². The van der Waals surface area contributed by atoms with Gasteiger partial charge in [-0.05, 0) is 65.0 Å². The third-order valence-corrected chi connectivity index (χ3v) is 6.01. The second-order valence-corrected chi connectivity index (χ2v) is 8.90. The van der Waals surface area contributed by atoms with Crippen LogP contribution in [0.5, 0.6) is 0 Å². The lowest BCUT2D eigenvalue weighted by Gasteiger charge is -2.18. The Balaban J connectivity index is 2.13. The van der Waals surface area contributed by atoms with E-state index in [4.69, 9.17) is 0 Å². The molecule has 0 aliphatic carbocycles. The SMILES string of the molecule is CCCSc1ncc(Br)c(C(=O)NC(CCSC)C(=O)Nc2ccc(F)cc2)n1. The number of rotatable bonds is 10. The fourth-order valence-corrected chi connectivity index (χ4v) is 3.78. The Morgan fingerprint density at radius 3 is 2.62 bits per heavy atom. The monoisotopic (exact) mass is 500 g/mol. The van der Waals surface area contributed by atoms with Crippen LogP contribution in [0.2, 0.25) is 0 Å². The number of aromatic nitrogens is 2. The minimum absolute atomic E-state index is 0.183. The largest absolute Gasteiger partial charge is 0.339 e. The standard InChI is InChI=1S/C19H22BrFN4O2S2/c1-3-9-29-19-22-11-14(20)16(25-19)18(27)24-15(8-10-28-2)17(26)23-13-6-4-12(21)5-7-13/h4-7,11,15H,3,8-10H2,1-2H3,(H,23,26)(H,24,27). The van der Waals surface area contributed by atoms with Crippen molar-refractivity contribution in [3.63, 3.8) is 0 Å². The first kappa shape index (κ1) is 23.6. The van der Waals surface area contributed by atoms with Gasteiger partial charge in [-0.2, -0.15) is 11.8 Å². The third-order valence-electron chi connectivity index (χ3n) is 3.72. The zero-order valence-electron chi connectivity index (χ0n) is 16.1. The van der Waals surface area contributed by atoms with Gasteiger partial charge < -0.3 is 10.6 Å². The molecular formula is C19H22BrFN4O2S2. The van der Waals surface area contributed by atoms with E-state index in [1.807, 2.05) is 6.26 Å². The van der Waals surface area contributed by atoms with Crippen molar-refractivity contribution in [2.45, 2.75) is 31.0 Å². The number of nitrogens with one attached hydrogen (secondary N) is 2. The van der Waals surface area contributed by atoms with Crippen LogP contribution in [0, 0.1) is 5.82 Å². The first-order valence-electron chi connectivity index (χ1n) is 8.96. The molecule has 1 atom stereocenters. The Kier molecular flexibility index (Phi) is 9.89. The van der Waals surface area contributed by atoms with Crippen LogP contribution in [0.15, 0.2) is 40.1 Å². The van der Waals surface area contributed by atoms with Crippen molar-refractivity contribution >= 4 is 57.0 Å². The second-order valence-electron chi connectivity index (χ2n) is 6.00. The molecule has 2 amide bonds. The van der Waals surface area contributed by atoms with Gasteiger partial charge in [-0.25, -0.2) is 14.4 Å². The van der Waals surface area contributed by atoms with Crippen LogP contribution in [0.3, 0.4) is 0 Å². The molecule has 0 saturated carbocycles. The van der Waals surface area contributed by atoms with E-state index in [2.05, 4.69) is 43.5 Å². The molecule has 0 spiro atoms. The van der Waals surface area contributed by atoms with Gasteiger partial charge in [-0.3, -0.25) is 9.59 Å². The lowest BCUT2D eigenvalue weighted by Crippen LogP contribution is -2.44. The van der Waals surface area contributed by atoms with Crippen molar-refractivity contribution in [1.82, 2.24) is 15.3 Å². The number of halogens is 2. The Bertz CT molecular complexity index is 839. The summed E-state index contributed by atoms with van der Waals surface area (Å²) in [6, 6.07) is 4.71. The number of thioether (sulfide) groups is 2. The Morgan fingerprint density at radius 2 is 1.97 bits per heavy atom. The van der Waals surface area contributed by atoms with Gasteiger partial charge in [-0.1, -0.05) is 18.7 Å². The highest BCUT2D eigenvalue weighted by molar-refractivity contribution is 9.10. The maximum atomic E-state index is 13.1. The van der Waals surface area contributed by atoms with Crippen molar-refractivity contribution in [3.8, 4) is 0 Å². The van der Waals surface area contributed by atoms with Crippen molar-refractivity contribution in [2.24, 2.45) is 0 Å². The minimum Gasteiger partial charge on any atom is -0.339 e. The molecule has 1 heterocycles. The maximum absolute atomic E-state index is 13.1. The third kappa shape index (κ3) is 7.60. The van der Waals surface area contributed by atoms with Crippen molar-refractivity contribution in [3.05, 3.63) is 46.4 Å². The molecule has 2 aromatic rings. The topological polar surface area (TPSA) is 84.0 Å². The van der Waals surface area contributed by atoms with Crippen LogP contribution in [-0.4, -0.2) is 45.6 Å². The summed E-state index contributed by atoms with van der Waals surface area (Å²) in [5.41, 5.74) is 0.642. The van der Waals surface area contributed by atoms with E-state index >= 15 is 0 Å². The van der Waals surface area contributed by atoms with Crippen LogP contribution >= 0.6 is 39.5 Å². The van der Waals surface area contributed by atoms with Gasteiger partial charge in [0.1, 0.15) is 17.6 Å². The normalized spacial score (nSPS) is 11.7. The summed E-state index contributed by atoms with van der Waals surface area (Å²) < 4.78 is 13.5. The fraction of sp³-hybridized carbons (Fsp3) is 0.368. The number of hydrogen-bond acceptors (Lipinski definition) is 6. The Hall–Kier alpha value is -1.65. The van der Waals surface area contributed by atoms with E-state index in [-0.39, 0.29) is 17.4 Å². The molecule has 0 bridgehead atoms. The molecule has 0 aliphatic heterocycles. The lowest BCUT2D eigenvalue weighted by molar-refractivity contribution is -0.118. The summed E-state index contributed by atoms with van der Waals surface area (Å²) in [7, 11) is 0. The summed E-state index contributed by atoms with van der Waals surface area (Å²) in [4.78, 5) is 34.0.